The van der Waals surface area contributed by atoms with Crippen LogP contribution in [0.5, 0.6) is 0 Å². The molecule has 3 rings (SSSR count). The first kappa shape index (κ1) is 41.7. The van der Waals surface area contributed by atoms with E-state index in [-0.39, 0.29) is 17.1 Å². The Morgan fingerprint density at radius 1 is 0.788 bits per heavy atom. The molecule has 0 unspecified atom stereocenters. The third-order valence-electron chi connectivity index (χ3n) is 5.69. The van der Waals surface area contributed by atoms with Crippen molar-refractivity contribution in [2.24, 2.45) is 0 Å². The van der Waals surface area contributed by atoms with Gasteiger partial charge in [0.15, 0.2) is 0 Å². The van der Waals surface area contributed by atoms with Crippen molar-refractivity contribution in [2.45, 2.75) is 75.5 Å². The summed E-state index contributed by atoms with van der Waals surface area (Å²) in [7, 11) is -0.837. The second kappa shape index (κ2) is 26.6. The first-order valence-electron chi connectivity index (χ1n) is 10.0. The van der Waals surface area contributed by atoms with Crippen molar-refractivity contribution >= 4 is 77.5 Å². The molecule has 0 N–H and O–H groups in total. The molecule has 0 spiro atoms. The third-order valence-corrected chi connectivity index (χ3v) is 11.4. The molecule has 0 aliphatic heterocycles. The van der Waals surface area contributed by atoms with Gasteiger partial charge in [0, 0.05) is 0 Å². The maximum atomic E-state index is 7.50. The van der Waals surface area contributed by atoms with Gasteiger partial charge in [0.25, 0.3) is 0 Å². The van der Waals surface area contributed by atoms with Crippen molar-refractivity contribution in [1.29, 1.82) is 0 Å². The zero-order chi connectivity index (χ0) is 25.6. The Bertz CT molecular complexity index is 606. The summed E-state index contributed by atoms with van der Waals surface area (Å²) >= 11 is 16.3. The van der Waals surface area contributed by atoms with Crippen LogP contribution in [-0.4, -0.2) is 14.4 Å². The third kappa shape index (κ3) is 23.7. The molecule has 2 aliphatic carbocycles. The van der Waals surface area contributed by atoms with Crippen molar-refractivity contribution in [3.05, 3.63) is 55.8 Å². The van der Waals surface area contributed by atoms with Crippen LogP contribution in [0, 0.1) is 20.0 Å². The molecule has 2 aliphatic rings. The fraction of sp³-hybridized carbons (Fsp3) is 0.545. The molecule has 0 bridgehead atoms. The molecule has 33 heavy (non-hydrogen) atoms. The quantitative estimate of drug-likeness (QED) is 0.167. The molecule has 0 atom stereocenters. The topological polar surface area (TPSA) is 59.7 Å². The summed E-state index contributed by atoms with van der Waals surface area (Å²) in [5.74, 6) is 0. The molecule has 0 heterocycles. The van der Waals surface area contributed by atoms with Gasteiger partial charge in [-0.1, -0.05) is 64.5 Å². The van der Waals surface area contributed by atoms with E-state index in [4.69, 9.17) is 14.0 Å². The zero-order valence-electron chi connectivity index (χ0n) is 18.7. The SMILES string of the molecule is Br[B-](Br)(Br)Br.C[Si](C)(C1CCCC1)C1CCCC1.[C-]#[O+].[C-]#[O+].[C-]#[O+].[Fe+3].[Fe+]=[C-]c1ccccc1. The molecule has 0 saturated heterocycles. The molecule has 1 aromatic rings. The van der Waals surface area contributed by atoms with Crippen molar-refractivity contribution in [2.75, 3.05) is 0 Å². The maximum absolute atomic E-state index is 7.50. The standard InChI is InChI=1S/C12H24Si.C7H5.3CO.BBr4.2Fe/c1-13(2,11-7-3-4-8-11)12-9-5-6-10-12;1-7-5-3-2-4-6-7;3*1-2;2-1(3,4)5;;/h11-12H,3-10H2,1-2H3;2-6H;;;;;;/q;-1;;;;-1;+1;+3. The summed E-state index contributed by atoms with van der Waals surface area (Å²) in [5.41, 5.74) is 3.43. The second-order valence-corrected chi connectivity index (χ2v) is 26.2. The Kier molecular flexibility index (Phi) is 33.6. The number of benzene rings is 1. The Labute approximate surface area is 253 Å². The van der Waals surface area contributed by atoms with E-state index in [2.05, 4.69) is 117 Å². The molecule has 2 fully saturated rings. The summed E-state index contributed by atoms with van der Waals surface area (Å²) in [4.78, 5) is 2.78. The summed E-state index contributed by atoms with van der Waals surface area (Å²) < 4.78 is 21.8. The molecule has 11 heteroatoms. The monoisotopic (exact) mass is 808 g/mol. The van der Waals surface area contributed by atoms with E-state index in [1.54, 1.807) is 25.7 Å². The number of rotatable bonds is 3. The van der Waals surface area contributed by atoms with Gasteiger partial charge < -0.3 is 63.0 Å². The van der Waals surface area contributed by atoms with Crippen LogP contribution < -0.4 is 0 Å². The predicted molar refractivity (Wildman–Crippen MR) is 146 cm³/mol. The molecular weight excluding hydrogens is 782 g/mol. The average molecular weight is 812 g/mol. The van der Waals surface area contributed by atoms with E-state index < -0.39 is 9.52 Å². The van der Waals surface area contributed by atoms with Gasteiger partial charge in [-0.25, -0.2) is 0 Å². The van der Waals surface area contributed by atoms with Gasteiger partial charge in [0.05, 0.1) is 8.07 Å². The summed E-state index contributed by atoms with van der Waals surface area (Å²) in [5, 5.41) is 0. The molecule has 0 amide bonds. The van der Waals surface area contributed by atoms with Gasteiger partial charge in [0.2, 0.25) is 1.44 Å². The van der Waals surface area contributed by atoms with Gasteiger partial charge in [-0.15, -0.1) is 0 Å². The van der Waals surface area contributed by atoms with Crippen molar-refractivity contribution < 1.29 is 46.6 Å². The summed E-state index contributed by atoms with van der Waals surface area (Å²) in [6.07, 6.45) is 12.5. The van der Waals surface area contributed by atoms with Gasteiger partial charge in [-0.05, 0) is 11.1 Å². The number of hydrogen-bond donors (Lipinski definition) is 0. The van der Waals surface area contributed by atoms with Crippen LogP contribution in [0.2, 0.25) is 24.2 Å². The van der Waals surface area contributed by atoms with Crippen LogP contribution in [0.25, 0.3) is 0 Å². The van der Waals surface area contributed by atoms with E-state index >= 15 is 0 Å². The molecule has 2 saturated carbocycles. The predicted octanol–water partition coefficient (Wildman–Crippen LogP) is 8.73. The van der Waals surface area contributed by atoms with Crippen LogP contribution in [0.4, 0.5) is 0 Å². The van der Waals surface area contributed by atoms with Crippen molar-refractivity contribution in [3.63, 3.8) is 0 Å². The Hall–Kier alpha value is 1.55. The Balaban J connectivity index is -0.000000183. The Morgan fingerprint density at radius 2 is 1.06 bits per heavy atom. The van der Waals surface area contributed by atoms with Gasteiger partial charge >= 0.3 is 107 Å². The van der Waals surface area contributed by atoms with E-state index in [1.807, 2.05) is 30.3 Å². The molecular formula is C22H29BBr4Fe2O3Si+2. The fourth-order valence-corrected chi connectivity index (χ4v) is 8.81. The van der Waals surface area contributed by atoms with Crippen molar-refractivity contribution in [1.82, 2.24) is 0 Å². The van der Waals surface area contributed by atoms with Crippen LogP contribution in [0.15, 0.2) is 30.3 Å². The first-order valence-corrected chi connectivity index (χ1v) is 17.4. The van der Waals surface area contributed by atoms with Gasteiger partial charge in [-0.2, -0.15) is 0 Å². The minimum absolute atomic E-state index is 0. The van der Waals surface area contributed by atoms with Crippen LogP contribution in [-0.2, 0) is 46.6 Å². The van der Waals surface area contributed by atoms with Crippen LogP contribution >= 0.6 is 63.0 Å². The second-order valence-electron chi connectivity index (χ2n) is 7.73. The van der Waals surface area contributed by atoms with E-state index in [1.165, 1.54) is 36.8 Å². The number of halogens is 4. The van der Waals surface area contributed by atoms with Crippen LogP contribution in [0.1, 0.15) is 56.9 Å². The molecule has 1 aromatic carbocycles. The van der Waals surface area contributed by atoms with Gasteiger partial charge in [-0.3, -0.25) is 0 Å². The summed E-state index contributed by atoms with van der Waals surface area (Å²) in [6, 6.07) is 9.84. The van der Waals surface area contributed by atoms with Gasteiger partial charge in [0.1, 0.15) is 0 Å². The molecule has 3 nitrogen and oxygen atoms in total. The fourth-order valence-electron chi connectivity index (χ4n) is 4.17. The zero-order valence-corrected chi connectivity index (χ0v) is 28.3. The number of hydrogen-bond acceptors (Lipinski definition) is 0. The molecule has 184 valence electrons. The van der Waals surface area contributed by atoms with Crippen molar-refractivity contribution in [3.8, 4) is 0 Å². The van der Waals surface area contributed by atoms with Crippen LogP contribution in [0.3, 0.4) is 0 Å². The minimum atomic E-state index is -0.837. The average Bonchev–Trinajstić information content (AvgIpc) is 3.53. The normalized spacial score (nSPS) is 14.8. The Morgan fingerprint density at radius 3 is 1.27 bits per heavy atom. The van der Waals surface area contributed by atoms with E-state index in [0.717, 1.165) is 5.56 Å². The molecule has 1 radical (unpaired) electrons. The van der Waals surface area contributed by atoms with E-state index in [9.17, 15) is 0 Å². The first-order chi connectivity index (χ1) is 15.1. The molecule has 0 aromatic heterocycles. The van der Waals surface area contributed by atoms with E-state index in [0.29, 0.717) is 0 Å². The summed E-state index contributed by atoms with van der Waals surface area (Å²) in [6.45, 7) is 18.9.